The Hall–Kier alpha value is -3.41. The number of fused-ring (bicyclic) bond motifs is 1. The van der Waals surface area contributed by atoms with Crippen LogP contribution in [0.25, 0.3) is 16.7 Å². The van der Waals surface area contributed by atoms with Gasteiger partial charge >= 0.3 is 0 Å². The summed E-state index contributed by atoms with van der Waals surface area (Å²) in [5.74, 6) is 0.859. The van der Waals surface area contributed by atoms with Crippen molar-refractivity contribution in [3.63, 3.8) is 0 Å². The van der Waals surface area contributed by atoms with Gasteiger partial charge in [0.05, 0.1) is 34.5 Å². The number of nitrogens with one attached hydrogen (secondary N) is 1. The van der Waals surface area contributed by atoms with Gasteiger partial charge in [0.1, 0.15) is 5.82 Å². The standard InChI is InChI=1S/C21H19N5O/c27-21(15-13-22-26(14-15)16-7-2-1-3-8-16)25-12-6-11-19(25)20-23-17-9-4-5-10-18(17)24-20/h1-5,7-10,13-14,19H,6,11-12H2,(H,23,24). The molecule has 2 aromatic carbocycles. The largest absolute Gasteiger partial charge is 0.340 e. The zero-order chi connectivity index (χ0) is 18.2. The van der Waals surface area contributed by atoms with Crippen molar-refractivity contribution in [3.05, 3.63) is 78.4 Å². The second-order valence-corrected chi connectivity index (χ2v) is 6.80. The fraction of sp³-hybridized carbons (Fsp3) is 0.190. The summed E-state index contributed by atoms with van der Waals surface area (Å²) in [5.41, 5.74) is 3.47. The Bertz CT molecular complexity index is 1060. The molecule has 0 bridgehead atoms. The van der Waals surface area contributed by atoms with Crippen molar-refractivity contribution in [2.45, 2.75) is 18.9 Å². The topological polar surface area (TPSA) is 66.8 Å². The smallest absolute Gasteiger partial charge is 0.257 e. The van der Waals surface area contributed by atoms with Crippen LogP contribution in [0.5, 0.6) is 0 Å². The highest BCUT2D eigenvalue weighted by Gasteiger charge is 2.33. The van der Waals surface area contributed by atoms with E-state index < -0.39 is 0 Å². The van der Waals surface area contributed by atoms with Crippen molar-refractivity contribution in [1.82, 2.24) is 24.6 Å². The van der Waals surface area contributed by atoms with Crippen LogP contribution < -0.4 is 0 Å². The normalized spacial score (nSPS) is 16.9. The number of rotatable bonds is 3. The molecule has 3 heterocycles. The van der Waals surface area contributed by atoms with E-state index in [1.54, 1.807) is 17.1 Å². The highest BCUT2D eigenvalue weighted by atomic mass is 16.2. The molecule has 4 aromatic rings. The molecule has 1 amide bonds. The van der Waals surface area contributed by atoms with Crippen molar-refractivity contribution in [2.24, 2.45) is 0 Å². The Balaban J connectivity index is 1.43. The molecule has 1 saturated heterocycles. The first-order chi connectivity index (χ1) is 13.3. The molecule has 0 radical (unpaired) electrons. The molecule has 6 heteroatoms. The van der Waals surface area contributed by atoms with Crippen LogP contribution in [0.3, 0.4) is 0 Å². The number of likely N-dealkylation sites (tertiary alicyclic amines) is 1. The summed E-state index contributed by atoms with van der Waals surface area (Å²) in [6, 6.07) is 17.7. The molecule has 134 valence electrons. The fourth-order valence-electron chi connectivity index (χ4n) is 3.75. The molecule has 0 aliphatic carbocycles. The first-order valence-electron chi connectivity index (χ1n) is 9.15. The number of aromatic nitrogens is 4. The second kappa shape index (κ2) is 6.39. The Morgan fingerprint density at radius 2 is 1.89 bits per heavy atom. The van der Waals surface area contributed by atoms with Gasteiger partial charge in [0.25, 0.3) is 5.91 Å². The van der Waals surface area contributed by atoms with Crippen molar-refractivity contribution in [1.29, 1.82) is 0 Å². The molecule has 1 aliphatic heterocycles. The third-order valence-electron chi connectivity index (χ3n) is 5.09. The van der Waals surface area contributed by atoms with Gasteiger partial charge in [0, 0.05) is 12.7 Å². The van der Waals surface area contributed by atoms with Crippen LogP contribution in [0.4, 0.5) is 0 Å². The van der Waals surface area contributed by atoms with Gasteiger partial charge < -0.3 is 9.88 Å². The summed E-state index contributed by atoms with van der Waals surface area (Å²) in [7, 11) is 0. The van der Waals surface area contributed by atoms with Gasteiger partial charge in [-0.1, -0.05) is 30.3 Å². The number of imidazole rings is 1. The second-order valence-electron chi connectivity index (χ2n) is 6.80. The minimum absolute atomic E-state index is 0.000127. The molecule has 1 N–H and O–H groups in total. The molecule has 1 fully saturated rings. The van der Waals surface area contributed by atoms with Gasteiger partial charge in [-0.05, 0) is 37.1 Å². The minimum Gasteiger partial charge on any atom is -0.340 e. The number of nitrogens with zero attached hydrogens (tertiary/aromatic N) is 4. The quantitative estimate of drug-likeness (QED) is 0.607. The van der Waals surface area contributed by atoms with Crippen molar-refractivity contribution in [2.75, 3.05) is 6.54 Å². The van der Waals surface area contributed by atoms with Gasteiger partial charge in [-0.15, -0.1) is 0 Å². The number of amides is 1. The van der Waals surface area contributed by atoms with Gasteiger partial charge in [-0.2, -0.15) is 5.10 Å². The third-order valence-corrected chi connectivity index (χ3v) is 5.09. The molecule has 1 aliphatic rings. The predicted octanol–water partition coefficient (Wildman–Crippen LogP) is 3.73. The minimum atomic E-state index is -0.0232. The lowest BCUT2D eigenvalue weighted by Crippen LogP contribution is -2.30. The van der Waals surface area contributed by atoms with Crippen LogP contribution in [0.1, 0.15) is 35.1 Å². The molecule has 5 rings (SSSR count). The maximum absolute atomic E-state index is 13.1. The van der Waals surface area contributed by atoms with E-state index in [-0.39, 0.29) is 11.9 Å². The summed E-state index contributed by atoms with van der Waals surface area (Å²) in [6.45, 7) is 0.733. The zero-order valence-electron chi connectivity index (χ0n) is 14.7. The number of benzene rings is 2. The van der Waals surface area contributed by atoms with Crippen LogP contribution in [0.15, 0.2) is 67.0 Å². The molecule has 1 unspecified atom stereocenters. The maximum atomic E-state index is 13.1. The molecule has 27 heavy (non-hydrogen) atoms. The van der Waals surface area contributed by atoms with Gasteiger partial charge in [0.15, 0.2) is 0 Å². The van der Waals surface area contributed by atoms with E-state index in [2.05, 4.69) is 10.1 Å². The number of hydrogen-bond donors (Lipinski definition) is 1. The van der Waals surface area contributed by atoms with Crippen molar-refractivity contribution >= 4 is 16.9 Å². The SMILES string of the molecule is O=C(c1cnn(-c2ccccc2)c1)N1CCCC1c1nc2ccccc2[nH]1. The number of aromatic amines is 1. The maximum Gasteiger partial charge on any atom is 0.257 e. The molecular formula is C21H19N5O. The average Bonchev–Trinajstić information content (AvgIpc) is 3.46. The zero-order valence-corrected chi connectivity index (χ0v) is 14.7. The van der Waals surface area contributed by atoms with E-state index in [1.807, 2.05) is 59.5 Å². The van der Waals surface area contributed by atoms with E-state index in [0.717, 1.165) is 41.9 Å². The lowest BCUT2D eigenvalue weighted by Gasteiger charge is -2.22. The van der Waals surface area contributed by atoms with Crippen LogP contribution in [0, 0.1) is 0 Å². The van der Waals surface area contributed by atoms with E-state index in [1.165, 1.54) is 0 Å². The lowest BCUT2D eigenvalue weighted by molar-refractivity contribution is 0.0730. The summed E-state index contributed by atoms with van der Waals surface area (Å²) in [5, 5.41) is 4.36. The van der Waals surface area contributed by atoms with E-state index in [0.29, 0.717) is 5.56 Å². The Morgan fingerprint density at radius 3 is 2.74 bits per heavy atom. The van der Waals surface area contributed by atoms with Gasteiger partial charge in [-0.3, -0.25) is 4.79 Å². The molecule has 6 nitrogen and oxygen atoms in total. The third kappa shape index (κ3) is 2.79. The highest BCUT2D eigenvalue weighted by molar-refractivity contribution is 5.94. The van der Waals surface area contributed by atoms with Crippen LogP contribution in [-0.4, -0.2) is 37.1 Å². The first-order valence-corrected chi connectivity index (χ1v) is 9.15. The Morgan fingerprint density at radius 1 is 1.07 bits per heavy atom. The summed E-state index contributed by atoms with van der Waals surface area (Å²) in [4.78, 5) is 23.1. The number of hydrogen-bond acceptors (Lipinski definition) is 3. The predicted molar refractivity (Wildman–Crippen MR) is 103 cm³/mol. The first kappa shape index (κ1) is 15.8. The molecular weight excluding hydrogens is 338 g/mol. The van der Waals surface area contributed by atoms with Crippen molar-refractivity contribution in [3.8, 4) is 5.69 Å². The highest BCUT2D eigenvalue weighted by Crippen LogP contribution is 2.32. The number of para-hydroxylation sites is 3. The van der Waals surface area contributed by atoms with E-state index in [9.17, 15) is 4.79 Å². The molecule has 0 spiro atoms. The lowest BCUT2D eigenvalue weighted by atomic mass is 10.2. The fourth-order valence-corrected chi connectivity index (χ4v) is 3.75. The summed E-state index contributed by atoms with van der Waals surface area (Å²) in [6.07, 6.45) is 5.33. The number of H-pyrrole nitrogens is 1. The summed E-state index contributed by atoms with van der Waals surface area (Å²) < 4.78 is 1.74. The monoisotopic (exact) mass is 357 g/mol. The van der Waals surface area contributed by atoms with E-state index in [4.69, 9.17) is 4.98 Å². The van der Waals surface area contributed by atoms with Crippen LogP contribution in [0.2, 0.25) is 0 Å². The average molecular weight is 357 g/mol. The van der Waals surface area contributed by atoms with Gasteiger partial charge in [0.2, 0.25) is 0 Å². The van der Waals surface area contributed by atoms with E-state index >= 15 is 0 Å². The molecule has 1 atom stereocenters. The van der Waals surface area contributed by atoms with Crippen LogP contribution >= 0.6 is 0 Å². The van der Waals surface area contributed by atoms with Crippen molar-refractivity contribution < 1.29 is 4.79 Å². The summed E-state index contributed by atoms with van der Waals surface area (Å²) >= 11 is 0. The number of carbonyl (C=O) groups excluding carboxylic acids is 1. The van der Waals surface area contributed by atoms with Gasteiger partial charge in [-0.25, -0.2) is 9.67 Å². The molecule has 2 aromatic heterocycles. The Labute approximate surface area is 156 Å². The van der Waals surface area contributed by atoms with Crippen LogP contribution in [-0.2, 0) is 0 Å². The Kier molecular flexibility index (Phi) is 3.74. The molecule has 0 saturated carbocycles. The number of carbonyl (C=O) groups is 1.